The van der Waals surface area contributed by atoms with Gasteiger partial charge in [0, 0.05) is 6.54 Å². The van der Waals surface area contributed by atoms with Crippen molar-refractivity contribution in [2.45, 2.75) is 32.2 Å². The van der Waals surface area contributed by atoms with Crippen molar-refractivity contribution >= 4 is 15.7 Å². The highest BCUT2D eigenvalue weighted by Gasteiger charge is 2.28. The summed E-state index contributed by atoms with van der Waals surface area (Å²) in [7, 11) is -2.67. The first-order valence-electron chi connectivity index (χ1n) is 6.70. The molecule has 0 saturated heterocycles. The van der Waals surface area contributed by atoms with Gasteiger partial charge >= 0.3 is 0 Å². The van der Waals surface area contributed by atoms with E-state index in [2.05, 4.69) is 9.82 Å². The van der Waals surface area contributed by atoms with Crippen LogP contribution in [0.5, 0.6) is 5.75 Å². The summed E-state index contributed by atoms with van der Waals surface area (Å²) < 4.78 is 47.7. The second-order valence-corrected chi connectivity index (χ2v) is 6.45. The van der Waals surface area contributed by atoms with E-state index in [9.17, 15) is 12.8 Å². The van der Waals surface area contributed by atoms with E-state index in [0.717, 1.165) is 10.2 Å². The molecule has 0 amide bonds. The van der Waals surface area contributed by atoms with Crippen molar-refractivity contribution in [3.05, 3.63) is 35.4 Å². The number of rotatable bonds is 5. The number of ether oxygens (including phenoxy) is 1. The number of halogens is 1. The first-order valence-corrected chi connectivity index (χ1v) is 8.18. The van der Waals surface area contributed by atoms with Gasteiger partial charge in [-0.2, -0.15) is 9.49 Å². The van der Waals surface area contributed by atoms with Crippen LogP contribution < -0.4 is 9.46 Å². The van der Waals surface area contributed by atoms with Gasteiger partial charge in [0.2, 0.25) is 5.95 Å². The van der Waals surface area contributed by atoms with Crippen LogP contribution in [0.3, 0.4) is 0 Å². The molecular weight excluding hydrogens is 309 g/mol. The minimum Gasteiger partial charge on any atom is -0.495 e. The quantitative estimate of drug-likeness (QED) is 0.915. The molecule has 1 heterocycles. The van der Waals surface area contributed by atoms with Crippen molar-refractivity contribution < 1.29 is 17.5 Å². The molecule has 1 aromatic heterocycles. The van der Waals surface area contributed by atoms with Crippen LogP contribution in [0.1, 0.15) is 18.2 Å². The van der Waals surface area contributed by atoms with Crippen LogP contribution in [0, 0.1) is 19.8 Å². The summed E-state index contributed by atoms with van der Waals surface area (Å²) in [4.78, 5) is -0.446. The number of benzene rings is 1. The van der Waals surface area contributed by atoms with Gasteiger partial charge in [-0.25, -0.2) is 13.1 Å². The molecule has 0 atom stereocenters. The lowest BCUT2D eigenvalue weighted by atomic mass is 10.2. The molecule has 2 aromatic rings. The Morgan fingerprint density at radius 1 is 1.36 bits per heavy atom. The van der Waals surface area contributed by atoms with Gasteiger partial charge in [-0.3, -0.25) is 4.72 Å². The molecule has 0 radical (unpaired) electrons. The molecule has 0 saturated carbocycles. The molecule has 8 heteroatoms. The maximum absolute atomic E-state index is 14.2. The largest absolute Gasteiger partial charge is 0.495 e. The molecule has 0 aliphatic heterocycles. The molecule has 2 rings (SSSR count). The highest BCUT2D eigenvalue weighted by Crippen LogP contribution is 2.29. The van der Waals surface area contributed by atoms with Crippen LogP contribution in [0.25, 0.3) is 0 Å². The number of aromatic nitrogens is 2. The van der Waals surface area contributed by atoms with Gasteiger partial charge in [0.1, 0.15) is 5.75 Å². The number of sulfonamides is 1. The Hall–Kier alpha value is -2.09. The maximum Gasteiger partial charge on any atom is 0.268 e. The minimum absolute atomic E-state index is 0.110. The lowest BCUT2D eigenvalue weighted by Gasteiger charge is -2.12. The Kier molecular flexibility index (Phi) is 4.41. The molecule has 1 N–H and O–H groups in total. The SMILES string of the molecule is CCn1nc(C)c(S(=O)(=O)Nc2cc(C)ccc2OC)c1F. The number of aryl methyl sites for hydroxylation is 3. The van der Waals surface area contributed by atoms with Crippen molar-refractivity contribution in [1.82, 2.24) is 9.78 Å². The first-order chi connectivity index (χ1) is 10.3. The minimum atomic E-state index is -4.10. The first kappa shape index (κ1) is 16.3. The fourth-order valence-corrected chi connectivity index (χ4v) is 3.46. The smallest absolute Gasteiger partial charge is 0.268 e. The van der Waals surface area contributed by atoms with Crippen LogP contribution in [0.15, 0.2) is 23.1 Å². The summed E-state index contributed by atoms with van der Waals surface area (Å²) >= 11 is 0. The van der Waals surface area contributed by atoms with Crippen LogP contribution in [-0.2, 0) is 16.6 Å². The molecule has 0 unspecified atom stereocenters. The summed E-state index contributed by atoms with van der Waals surface area (Å²) in [6.07, 6.45) is 0. The Labute approximate surface area is 129 Å². The average Bonchev–Trinajstić information content (AvgIpc) is 2.73. The van der Waals surface area contributed by atoms with E-state index in [4.69, 9.17) is 4.74 Å². The van der Waals surface area contributed by atoms with E-state index >= 15 is 0 Å². The van der Waals surface area contributed by atoms with Gasteiger partial charge in [-0.15, -0.1) is 0 Å². The second kappa shape index (κ2) is 5.96. The summed E-state index contributed by atoms with van der Waals surface area (Å²) in [6.45, 7) is 5.20. The molecular formula is C14H18FN3O3S. The van der Waals surface area contributed by atoms with Gasteiger partial charge < -0.3 is 4.74 Å². The zero-order chi connectivity index (χ0) is 16.5. The molecule has 0 aliphatic carbocycles. The van der Waals surface area contributed by atoms with Gasteiger partial charge in [0.15, 0.2) is 4.90 Å². The van der Waals surface area contributed by atoms with E-state index in [0.29, 0.717) is 5.75 Å². The van der Waals surface area contributed by atoms with Crippen molar-refractivity contribution in [2.24, 2.45) is 0 Å². The number of anilines is 1. The number of methoxy groups -OCH3 is 1. The Bertz CT molecular complexity index is 800. The van der Waals surface area contributed by atoms with Gasteiger partial charge in [-0.05, 0) is 38.5 Å². The summed E-state index contributed by atoms with van der Waals surface area (Å²) in [5.74, 6) is -0.519. The lowest BCUT2D eigenvalue weighted by Crippen LogP contribution is -2.16. The fraction of sp³-hybridized carbons (Fsp3) is 0.357. The summed E-state index contributed by atoms with van der Waals surface area (Å²) in [6, 6.07) is 5.05. The van der Waals surface area contributed by atoms with Gasteiger partial charge in [0.05, 0.1) is 18.5 Å². The Morgan fingerprint density at radius 3 is 2.59 bits per heavy atom. The van der Waals surface area contributed by atoms with Crippen molar-refractivity contribution in [2.75, 3.05) is 11.8 Å². The maximum atomic E-state index is 14.2. The highest BCUT2D eigenvalue weighted by atomic mass is 32.2. The van der Waals surface area contributed by atoms with Crippen LogP contribution in [0.4, 0.5) is 10.1 Å². The van der Waals surface area contributed by atoms with E-state index in [1.165, 1.54) is 14.0 Å². The Morgan fingerprint density at radius 2 is 2.05 bits per heavy atom. The van der Waals surface area contributed by atoms with E-state index in [-0.39, 0.29) is 17.9 Å². The predicted molar refractivity (Wildman–Crippen MR) is 81.1 cm³/mol. The lowest BCUT2D eigenvalue weighted by molar-refractivity contribution is 0.416. The molecule has 0 spiro atoms. The molecule has 0 bridgehead atoms. The summed E-state index contributed by atoms with van der Waals surface area (Å²) in [5, 5.41) is 3.89. The van der Waals surface area contributed by atoms with Crippen molar-refractivity contribution in [3.63, 3.8) is 0 Å². The molecule has 6 nitrogen and oxygen atoms in total. The van der Waals surface area contributed by atoms with Gasteiger partial charge in [-0.1, -0.05) is 6.07 Å². The van der Waals surface area contributed by atoms with Crippen molar-refractivity contribution in [3.8, 4) is 5.75 Å². The normalized spacial score (nSPS) is 11.5. The monoisotopic (exact) mass is 327 g/mol. The molecule has 120 valence electrons. The summed E-state index contributed by atoms with van der Waals surface area (Å²) in [5.41, 5.74) is 1.21. The molecule has 0 fully saturated rings. The average molecular weight is 327 g/mol. The van der Waals surface area contributed by atoms with Crippen LogP contribution in [0.2, 0.25) is 0 Å². The van der Waals surface area contributed by atoms with E-state index in [1.54, 1.807) is 25.1 Å². The van der Waals surface area contributed by atoms with Crippen molar-refractivity contribution in [1.29, 1.82) is 0 Å². The number of hydrogen-bond acceptors (Lipinski definition) is 4. The number of nitrogens with one attached hydrogen (secondary N) is 1. The molecule has 1 aromatic carbocycles. The fourth-order valence-electron chi connectivity index (χ4n) is 2.15. The van der Waals surface area contributed by atoms with E-state index in [1.807, 2.05) is 6.92 Å². The standard InChI is InChI=1S/C14H18FN3O3S/c1-5-18-14(15)13(10(3)16-18)22(19,20)17-11-8-9(2)6-7-12(11)21-4/h6-8,17H,5H2,1-4H3. The molecule has 22 heavy (non-hydrogen) atoms. The third kappa shape index (κ3) is 2.92. The van der Waals surface area contributed by atoms with Gasteiger partial charge in [0.25, 0.3) is 10.0 Å². The zero-order valence-electron chi connectivity index (χ0n) is 12.8. The Balaban J connectivity index is 2.49. The van der Waals surface area contributed by atoms with Crippen LogP contribution in [-0.4, -0.2) is 25.3 Å². The third-order valence-corrected chi connectivity index (χ3v) is 4.67. The predicted octanol–water partition coefficient (Wildman–Crippen LogP) is 2.47. The second-order valence-electron chi connectivity index (χ2n) is 4.83. The zero-order valence-corrected chi connectivity index (χ0v) is 13.7. The topological polar surface area (TPSA) is 73.2 Å². The number of hydrogen-bond donors (Lipinski definition) is 1. The van der Waals surface area contributed by atoms with E-state index < -0.39 is 20.9 Å². The number of nitrogens with zero attached hydrogens (tertiary/aromatic N) is 2. The highest BCUT2D eigenvalue weighted by molar-refractivity contribution is 7.92. The molecule has 0 aliphatic rings. The third-order valence-electron chi connectivity index (χ3n) is 3.18. The van der Waals surface area contributed by atoms with Crippen LogP contribution >= 0.6 is 0 Å².